The lowest BCUT2D eigenvalue weighted by molar-refractivity contribution is -0.141. The highest BCUT2D eigenvalue weighted by molar-refractivity contribution is 5.92. The van der Waals surface area contributed by atoms with E-state index >= 15 is 0 Å². The molecule has 0 bridgehead atoms. The number of aromatic nitrogens is 4. The number of anilines is 1. The van der Waals surface area contributed by atoms with Crippen LogP contribution < -0.4 is 5.32 Å². The van der Waals surface area contributed by atoms with Gasteiger partial charge in [0.15, 0.2) is 11.5 Å². The Morgan fingerprint density at radius 1 is 1.09 bits per heavy atom. The molecule has 0 atom stereocenters. The number of halogens is 3. The highest BCUT2D eigenvalue weighted by Gasteiger charge is 2.38. The summed E-state index contributed by atoms with van der Waals surface area (Å²) >= 11 is 0. The largest absolute Gasteiger partial charge is 0.435 e. The molecule has 5 rings (SSSR count). The van der Waals surface area contributed by atoms with Crippen LogP contribution in [0.15, 0.2) is 54.7 Å². The van der Waals surface area contributed by atoms with Crippen LogP contribution in [-0.4, -0.2) is 25.7 Å². The number of carbonyl (C=O) groups excluding carboxylic acids is 1. The molecule has 0 spiro atoms. The van der Waals surface area contributed by atoms with Gasteiger partial charge in [-0.25, -0.2) is 14.6 Å². The summed E-state index contributed by atoms with van der Waals surface area (Å²) in [7, 11) is 0. The molecule has 4 aromatic rings. The highest BCUT2D eigenvalue weighted by atomic mass is 19.4. The van der Waals surface area contributed by atoms with Crippen molar-refractivity contribution in [1.82, 2.24) is 19.7 Å². The van der Waals surface area contributed by atoms with Gasteiger partial charge in [0.25, 0.3) is 0 Å². The fraction of sp³-hybridized carbons (Fsp3) is 0.217. The molecule has 1 fully saturated rings. The van der Waals surface area contributed by atoms with Crippen molar-refractivity contribution in [2.45, 2.75) is 31.9 Å². The van der Waals surface area contributed by atoms with Crippen LogP contribution in [0.3, 0.4) is 0 Å². The van der Waals surface area contributed by atoms with E-state index in [4.69, 9.17) is 0 Å². The van der Waals surface area contributed by atoms with Crippen molar-refractivity contribution in [3.63, 3.8) is 0 Å². The van der Waals surface area contributed by atoms with E-state index in [-0.39, 0.29) is 11.8 Å². The lowest BCUT2D eigenvalue weighted by Crippen LogP contribution is -2.08. The van der Waals surface area contributed by atoms with Gasteiger partial charge in [0.1, 0.15) is 0 Å². The van der Waals surface area contributed by atoms with Crippen molar-refractivity contribution >= 4 is 22.5 Å². The Labute approximate surface area is 181 Å². The minimum Gasteiger partial charge on any atom is -0.326 e. The van der Waals surface area contributed by atoms with Gasteiger partial charge in [-0.05, 0) is 55.3 Å². The quantitative estimate of drug-likeness (QED) is 0.468. The van der Waals surface area contributed by atoms with Gasteiger partial charge in [-0.15, -0.1) is 0 Å². The van der Waals surface area contributed by atoms with Crippen LogP contribution in [0.25, 0.3) is 28.0 Å². The molecule has 1 saturated carbocycles. The van der Waals surface area contributed by atoms with E-state index in [1.165, 1.54) is 11.6 Å². The molecule has 1 amide bonds. The van der Waals surface area contributed by atoms with Crippen LogP contribution in [0.1, 0.15) is 37.1 Å². The van der Waals surface area contributed by atoms with Crippen LogP contribution in [0.2, 0.25) is 0 Å². The van der Waals surface area contributed by atoms with Crippen molar-refractivity contribution in [1.29, 1.82) is 0 Å². The number of nitrogens with zero attached hydrogens (tertiary/aromatic N) is 4. The summed E-state index contributed by atoms with van der Waals surface area (Å²) in [6, 6.07) is 13.7. The van der Waals surface area contributed by atoms with Gasteiger partial charge in [0, 0.05) is 41.4 Å². The summed E-state index contributed by atoms with van der Waals surface area (Å²) in [5, 5.41) is 7.38. The van der Waals surface area contributed by atoms with Crippen LogP contribution in [-0.2, 0) is 11.0 Å². The molecular formula is C23H18F3N5O. The molecule has 6 nitrogen and oxygen atoms in total. The Morgan fingerprint density at radius 2 is 1.91 bits per heavy atom. The first kappa shape index (κ1) is 20.2. The van der Waals surface area contributed by atoms with Crippen molar-refractivity contribution in [3.8, 4) is 17.1 Å². The lowest BCUT2D eigenvalue weighted by atomic mass is 10.1. The van der Waals surface area contributed by atoms with Crippen LogP contribution >= 0.6 is 0 Å². The van der Waals surface area contributed by atoms with E-state index in [1.807, 2.05) is 24.3 Å². The third kappa shape index (κ3) is 3.93. The maximum atomic E-state index is 13.2. The standard InChI is InChI=1S/C23H18F3N5O/c1-13(32)28-17-6-8-18-15(10-17)4-7-19(29-18)16-5-9-22(27-12-16)31-20(14-2-3-14)11-21(30-31)23(24,25)26/h4-12,14H,2-3H2,1H3,(H,28,32). The van der Waals surface area contributed by atoms with Crippen molar-refractivity contribution < 1.29 is 18.0 Å². The molecule has 162 valence electrons. The number of hydrogen-bond donors (Lipinski definition) is 1. The van der Waals surface area contributed by atoms with Gasteiger partial charge in [-0.3, -0.25) is 4.79 Å². The van der Waals surface area contributed by atoms with Gasteiger partial charge in [0.2, 0.25) is 5.91 Å². The molecule has 3 aromatic heterocycles. The minimum atomic E-state index is -4.50. The average Bonchev–Trinajstić information content (AvgIpc) is 3.50. The van der Waals surface area contributed by atoms with E-state index in [2.05, 4.69) is 20.4 Å². The molecule has 1 aromatic carbocycles. The first-order valence-corrected chi connectivity index (χ1v) is 10.1. The van der Waals surface area contributed by atoms with E-state index in [9.17, 15) is 18.0 Å². The Balaban J connectivity index is 1.45. The SMILES string of the molecule is CC(=O)Nc1ccc2nc(-c3ccc(-n4nc(C(F)(F)F)cc4C4CC4)nc3)ccc2c1. The number of fused-ring (bicyclic) bond motifs is 1. The molecule has 3 heterocycles. The molecule has 0 unspecified atom stereocenters. The zero-order valence-electron chi connectivity index (χ0n) is 17.0. The van der Waals surface area contributed by atoms with E-state index < -0.39 is 11.9 Å². The van der Waals surface area contributed by atoms with Crippen molar-refractivity contribution in [2.24, 2.45) is 0 Å². The predicted molar refractivity (Wildman–Crippen MR) is 113 cm³/mol. The summed E-state index contributed by atoms with van der Waals surface area (Å²) in [6.07, 6.45) is -1.21. The van der Waals surface area contributed by atoms with Gasteiger partial charge in [-0.2, -0.15) is 18.3 Å². The van der Waals surface area contributed by atoms with Crippen LogP contribution in [0.5, 0.6) is 0 Å². The molecule has 9 heteroatoms. The van der Waals surface area contributed by atoms with Crippen molar-refractivity contribution in [3.05, 3.63) is 66.1 Å². The van der Waals surface area contributed by atoms with Crippen LogP contribution in [0.4, 0.5) is 18.9 Å². The fourth-order valence-corrected chi connectivity index (χ4v) is 3.62. The normalized spacial score (nSPS) is 14.0. The number of alkyl halides is 3. The fourth-order valence-electron chi connectivity index (χ4n) is 3.62. The first-order valence-electron chi connectivity index (χ1n) is 10.1. The molecular weight excluding hydrogens is 419 g/mol. The second kappa shape index (κ2) is 7.44. The Kier molecular flexibility index (Phi) is 4.69. The summed E-state index contributed by atoms with van der Waals surface area (Å²) in [5.74, 6) is 0.279. The lowest BCUT2D eigenvalue weighted by Gasteiger charge is -2.08. The molecule has 1 aliphatic rings. The molecule has 0 aliphatic heterocycles. The number of hydrogen-bond acceptors (Lipinski definition) is 4. The zero-order chi connectivity index (χ0) is 22.5. The molecule has 0 saturated heterocycles. The highest BCUT2D eigenvalue weighted by Crippen LogP contribution is 2.42. The maximum absolute atomic E-state index is 13.2. The smallest absolute Gasteiger partial charge is 0.326 e. The Hall–Kier alpha value is -3.75. The van der Waals surface area contributed by atoms with Crippen molar-refractivity contribution in [2.75, 3.05) is 5.32 Å². The van der Waals surface area contributed by atoms with E-state index in [0.29, 0.717) is 22.9 Å². The average molecular weight is 437 g/mol. The van der Waals surface area contributed by atoms with Gasteiger partial charge < -0.3 is 5.32 Å². The monoisotopic (exact) mass is 437 g/mol. The number of pyridine rings is 2. The number of benzene rings is 1. The van der Waals surface area contributed by atoms with Gasteiger partial charge >= 0.3 is 6.18 Å². The van der Waals surface area contributed by atoms with Gasteiger partial charge in [-0.1, -0.05) is 6.07 Å². The zero-order valence-corrected chi connectivity index (χ0v) is 17.0. The minimum absolute atomic E-state index is 0.0876. The Bertz CT molecular complexity index is 1320. The summed E-state index contributed by atoms with van der Waals surface area (Å²) < 4.78 is 40.8. The van der Waals surface area contributed by atoms with Gasteiger partial charge in [0.05, 0.1) is 11.2 Å². The summed E-state index contributed by atoms with van der Waals surface area (Å²) in [6.45, 7) is 1.45. The Morgan fingerprint density at radius 3 is 2.56 bits per heavy atom. The molecule has 0 radical (unpaired) electrons. The second-order valence-electron chi connectivity index (χ2n) is 7.83. The maximum Gasteiger partial charge on any atom is 0.435 e. The number of amides is 1. The number of nitrogens with one attached hydrogen (secondary N) is 1. The molecule has 32 heavy (non-hydrogen) atoms. The molecule has 1 N–H and O–H groups in total. The predicted octanol–water partition coefficient (Wildman–Crippen LogP) is 5.34. The molecule has 1 aliphatic carbocycles. The van der Waals surface area contributed by atoms with E-state index in [0.717, 1.165) is 35.4 Å². The third-order valence-corrected chi connectivity index (χ3v) is 5.29. The van der Waals surface area contributed by atoms with Crippen LogP contribution in [0, 0.1) is 0 Å². The second-order valence-corrected chi connectivity index (χ2v) is 7.83. The summed E-state index contributed by atoms with van der Waals surface area (Å²) in [4.78, 5) is 20.2. The topological polar surface area (TPSA) is 72.7 Å². The number of rotatable bonds is 4. The van der Waals surface area contributed by atoms with E-state index in [1.54, 1.807) is 24.4 Å². The number of carbonyl (C=O) groups is 1. The first-order chi connectivity index (χ1) is 15.3. The third-order valence-electron chi connectivity index (χ3n) is 5.29. The summed E-state index contributed by atoms with van der Waals surface area (Å²) in [5.41, 5.74) is 2.49.